The monoisotopic (exact) mass is 450 g/mol. The van der Waals surface area contributed by atoms with Gasteiger partial charge in [-0.05, 0) is 47.0 Å². The van der Waals surface area contributed by atoms with Gasteiger partial charge in [-0.3, -0.25) is 4.79 Å². The molecule has 0 fully saturated rings. The minimum absolute atomic E-state index is 0.142. The Hall–Kier alpha value is -3.04. The lowest BCUT2D eigenvalue weighted by Gasteiger charge is -2.05. The van der Waals surface area contributed by atoms with Crippen molar-refractivity contribution in [1.82, 2.24) is 25.2 Å². The third kappa shape index (κ3) is 5.56. The Labute approximate surface area is 188 Å². The maximum atomic E-state index is 12.4. The molecule has 4 rings (SSSR count). The molecule has 0 spiro atoms. The lowest BCUT2D eigenvalue weighted by molar-refractivity contribution is -0.113. The van der Waals surface area contributed by atoms with Crippen LogP contribution in [0, 0.1) is 6.92 Å². The van der Waals surface area contributed by atoms with Gasteiger partial charge in [0.15, 0.2) is 5.13 Å². The summed E-state index contributed by atoms with van der Waals surface area (Å²) < 4.78 is 1.64. The van der Waals surface area contributed by atoms with Gasteiger partial charge in [-0.25, -0.2) is 4.98 Å². The van der Waals surface area contributed by atoms with E-state index in [1.807, 2.05) is 18.3 Å². The summed E-state index contributed by atoms with van der Waals surface area (Å²) in [7, 11) is 0. The Morgan fingerprint density at radius 2 is 1.84 bits per heavy atom. The summed E-state index contributed by atoms with van der Waals surface area (Å²) in [6, 6.07) is 16.5. The average molecular weight is 451 g/mol. The molecule has 158 valence electrons. The molecule has 31 heavy (non-hydrogen) atoms. The van der Waals surface area contributed by atoms with Gasteiger partial charge in [0.1, 0.15) is 0 Å². The number of tetrazole rings is 1. The predicted octanol–water partition coefficient (Wildman–Crippen LogP) is 4.31. The molecule has 0 saturated carbocycles. The van der Waals surface area contributed by atoms with Crippen molar-refractivity contribution in [2.45, 2.75) is 31.8 Å². The molecule has 1 N–H and O–H groups in total. The second-order valence-electron chi connectivity index (χ2n) is 7.02. The zero-order valence-electron chi connectivity index (χ0n) is 17.3. The number of hydrogen-bond acceptors (Lipinski definition) is 7. The van der Waals surface area contributed by atoms with Crippen LogP contribution in [0.15, 0.2) is 59.9 Å². The van der Waals surface area contributed by atoms with Gasteiger partial charge in [0.25, 0.3) is 0 Å². The van der Waals surface area contributed by atoms with Gasteiger partial charge in [-0.1, -0.05) is 60.6 Å². The van der Waals surface area contributed by atoms with Crippen molar-refractivity contribution in [3.05, 3.63) is 76.3 Å². The molecule has 0 aliphatic heterocycles. The van der Waals surface area contributed by atoms with Gasteiger partial charge in [0.05, 0.1) is 11.4 Å². The number of nitrogens with one attached hydrogen (secondary N) is 1. The quantitative estimate of drug-likeness (QED) is 0.403. The number of benzene rings is 2. The lowest BCUT2D eigenvalue weighted by Crippen LogP contribution is -2.14. The first-order chi connectivity index (χ1) is 15.1. The van der Waals surface area contributed by atoms with Crippen molar-refractivity contribution < 1.29 is 4.79 Å². The van der Waals surface area contributed by atoms with Gasteiger partial charge < -0.3 is 5.32 Å². The third-order valence-electron chi connectivity index (χ3n) is 4.66. The molecule has 0 unspecified atom stereocenters. The normalized spacial score (nSPS) is 10.9. The average Bonchev–Trinajstić information content (AvgIpc) is 3.43. The van der Waals surface area contributed by atoms with Crippen molar-refractivity contribution in [2.24, 2.45) is 0 Å². The van der Waals surface area contributed by atoms with E-state index in [9.17, 15) is 4.79 Å². The number of anilines is 1. The van der Waals surface area contributed by atoms with Crippen LogP contribution in [0.5, 0.6) is 0 Å². The van der Waals surface area contributed by atoms with Gasteiger partial charge >= 0.3 is 0 Å². The zero-order chi connectivity index (χ0) is 21.6. The summed E-state index contributed by atoms with van der Waals surface area (Å²) in [6.45, 7) is 4.18. The van der Waals surface area contributed by atoms with Crippen LogP contribution >= 0.6 is 23.1 Å². The van der Waals surface area contributed by atoms with E-state index in [0.717, 1.165) is 23.4 Å². The number of carbonyl (C=O) groups excluding carboxylic acids is 1. The van der Waals surface area contributed by atoms with Crippen LogP contribution in [0.1, 0.15) is 28.5 Å². The van der Waals surface area contributed by atoms with Crippen LogP contribution in [0.2, 0.25) is 0 Å². The highest BCUT2D eigenvalue weighted by Gasteiger charge is 2.13. The molecule has 9 heteroatoms. The summed E-state index contributed by atoms with van der Waals surface area (Å²) in [4.78, 5) is 17.8. The Balaban J connectivity index is 1.32. The maximum Gasteiger partial charge on any atom is 0.236 e. The van der Waals surface area contributed by atoms with E-state index in [-0.39, 0.29) is 11.7 Å². The van der Waals surface area contributed by atoms with E-state index < -0.39 is 0 Å². The topological polar surface area (TPSA) is 85.6 Å². The number of hydrogen-bond donors (Lipinski definition) is 1. The first kappa shape index (κ1) is 21.2. The maximum absolute atomic E-state index is 12.4. The molecule has 0 aliphatic rings. The summed E-state index contributed by atoms with van der Waals surface area (Å²) >= 11 is 2.78. The Kier molecular flexibility index (Phi) is 6.73. The van der Waals surface area contributed by atoms with Crippen LogP contribution in [0.3, 0.4) is 0 Å². The van der Waals surface area contributed by atoms with Crippen LogP contribution in [0.25, 0.3) is 5.69 Å². The fraction of sp³-hybridized carbons (Fsp3) is 0.227. The lowest BCUT2D eigenvalue weighted by atomic mass is 10.1. The molecule has 0 bridgehead atoms. The fourth-order valence-electron chi connectivity index (χ4n) is 2.94. The van der Waals surface area contributed by atoms with Crippen LogP contribution in [-0.4, -0.2) is 36.9 Å². The van der Waals surface area contributed by atoms with Crippen LogP contribution in [0.4, 0.5) is 5.13 Å². The smallest absolute Gasteiger partial charge is 0.236 e. The van der Waals surface area contributed by atoms with Gasteiger partial charge in [-0.15, -0.1) is 16.4 Å². The number of amides is 1. The van der Waals surface area contributed by atoms with Crippen LogP contribution in [-0.2, 0) is 17.6 Å². The summed E-state index contributed by atoms with van der Waals surface area (Å²) in [5.74, 6) is 0.0532. The summed E-state index contributed by atoms with van der Waals surface area (Å²) in [6.07, 6.45) is 3.59. The first-order valence-corrected chi connectivity index (χ1v) is 11.7. The number of rotatable bonds is 8. The standard InChI is InChI=1S/C22H22N6OS2/c1-3-16-8-10-18(11-9-16)28-22(25-26-27-28)30-14-20(29)24-21-23-13-19(31-21)12-17-6-4-15(2)5-7-17/h4-11,13H,3,12,14H2,1-2H3,(H,23,24,29). The zero-order valence-corrected chi connectivity index (χ0v) is 18.9. The summed E-state index contributed by atoms with van der Waals surface area (Å²) in [5, 5.41) is 15.9. The Morgan fingerprint density at radius 1 is 1.10 bits per heavy atom. The van der Waals surface area contributed by atoms with E-state index in [1.54, 1.807) is 4.68 Å². The van der Waals surface area contributed by atoms with Crippen molar-refractivity contribution in [2.75, 3.05) is 11.1 Å². The minimum atomic E-state index is -0.142. The molecule has 2 aromatic carbocycles. The van der Waals surface area contributed by atoms with E-state index in [2.05, 4.69) is 76.1 Å². The molecule has 7 nitrogen and oxygen atoms in total. The second-order valence-corrected chi connectivity index (χ2v) is 9.08. The third-order valence-corrected chi connectivity index (χ3v) is 6.49. The number of nitrogens with zero attached hydrogens (tertiary/aromatic N) is 5. The van der Waals surface area contributed by atoms with Gasteiger partial charge in [0.2, 0.25) is 11.1 Å². The number of thioether (sulfide) groups is 1. The molecule has 2 heterocycles. The van der Waals surface area contributed by atoms with Crippen molar-refractivity contribution in [3.8, 4) is 5.69 Å². The first-order valence-electron chi connectivity index (χ1n) is 9.91. The highest BCUT2D eigenvalue weighted by atomic mass is 32.2. The largest absolute Gasteiger partial charge is 0.301 e. The van der Waals surface area contributed by atoms with Crippen molar-refractivity contribution in [3.63, 3.8) is 0 Å². The molecule has 2 aromatic heterocycles. The Morgan fingerprint density at radius 3 is 2.58 bits per heavy atom. The number of aromatic nitrogens is 5. The summed E-state index contributed by atoms with van der Waals surface area (Å²) in [5.41, 5.74) is 4.57. The van der Waals surface area contributed by atoms with Gasteiger partial charge in [0, 0.05) is 17.5 Å². The molecule has 0 atom stereocenters. The highest BCUT2D eigenvalue weighted by Crippen LogP contribution is 2.23. The molecule has 0 radical (unpaired) electrons. The molecule has 4 aromatic rings. The number of aryl methyl sites for hydroxylation is 2. The van der Waals surface area contributed by atoms with Gasteiger partial charge in [-0.2, -0.15) is 4.68 Å². The van der Waals surface area contributed by atoms with E-state index in [4.69, 9.17) is 0 Å². The number of thiazole rings is 1. The molecular formula is C22H22N6OS2. The van der Waals surface area contributed by atoms with E-state index in [0.29, 0.717) is 10.3 Å². The van der Waals surface area contributed by atoms with Crippen molar-refractivity contribution in [1.29, 1.82) is 0 Å². The van der Waals surface area contributed by atoms with E-state index >= 15 is 0 Å². The predicted molar refractivity (Wildman–Crippen MR) is 124 cm³/mol. The second kappa shape index (κ2) is 9.84. The molecule has 0 saturated heterocycles. The minimum Gasteiger partial charge on any atom is -0.301 e. The van der Waals surface area contributed by atoms with Crippen LogP contribution < -0.4 is 5.32 Å². The number of carbonyl (C=O) groups is 1. The van der Waals surface area contributed by atoms with Crippen molar-refractivity contribution >= 4 is 34.1 Å². The Bertz CT molecular complexity index is 1150. The molecular weight excluding hydrogens is 428 g/mol. The van der Waals surface area contributed by atoms with E-state index in [1.165, 1.54) is 39.8 Å². The fourth-order valence-corrected chi connectivity index (χ4v) is 4.50. The molecule has 1 amide bonds. The molecule has 0 aliphatic carbocycles. The SMILES string of the molecule is CCc1ccc(-n2nnnc2SCC(=O)Nc2ncc(Cc3ccc(C)cc3)s2)cc1. The highest BCUT2D eigenvalue weighted by molar-refractivity contribution is 7.99.